The summed E-state index contributed by atoms with van der Waals surface area (Å²) in [5.41, 5.74) is -0.0681. The normalized spacial score (nSPS) is 11.6. The maximum absolute atomic E-state index is 12.5. The van der Waals surface area contributed by atoms with Crippen molar-refractivity contribution in [3.63, 3.8) is 0 Å². The Morgan fingerprint density at radius 2 is 1.93 bits per heavy atom. The monoisotopic (exact) mass is 346 g/mol. The molecular formula is C9H7Br2F3O. The fourth-order valence-electron chi connectivity index (χ4n) is 1.09. The SMILES string of the molecule is COc1cc(CBr)c(Br)cc1C(F)(F)F. The number of ether oxygens (including phenoxy) is 1. The fourth-order valence-corrected chi connectivity index (χ4v) is 2.41. The van der Waals surface area contributed by atoms with Crippen molar-refractivity contribution in [2.45, 2.75) is 11.5 Å². The lowest BCUT2D eigenvalue weighted by Crippen LogP contribution is -2.08. The summed E-state index contributed by atoms with van der Waals surface area (Å²) in [5.74, 6) is -0.167. The summed E-state index contributed by atoms with van der Waals surface area (Å²) in [6.45, 7) is 0. The van der Waals surface area contributed by atoms with Crippen molar-refractivity contribution < 1.29 is 17.9 Å². The molecule has 1 rings (SSSR count). The van der Waals surface area contributed by atoms with Crippen molar-refractivity contribution in [2.24, 2.45) is 0 Å². The first kappa shape index (κ1) is 12.8. The molecule has 6 heteroatoms. The molecular weight excluding hydrogens is 341 g/mol. The Balaban J connectivity index is 3.34. The minimum Gasteiger partial charge on any atom is -0.496 e. The summed E-state index contributed by atoms with van der Waals surface area (Å²) in [6, 6.07) is 2.39. The van der Waals surface area contributed by atoms with E-state index in [4.69, 9.17) is 4.74 Å². The molecule has 0 aliphatic rings. The second-order valence-corrected chi connectivity index (χ2v) is 4.19. The van der Waals surface area contributed by atoms with Crippen LogP contribution >= 0.6 is 31.9 Å². The van der Waals surface area contributed by atoms with Crippen molar-refractivity contribution in [2.75, 3.05) is 7.11 Å². The maximum Gasteiger partial charge on any atom is 0.420 e. The Morgan fingerprint density at radius 1 is 1.33 bits per heavy atom. The lowest BCUT2D eigenvalue weighted by molar-refractivity contribution is -0.138. The first-order chi connectivity index (χ1) is 6.90. The predicted octanol–water partition coefficient (Wildman–Crippen LogP) is 4.37. The van der Waals surface area contributed by atoms with Crippen LogP contribution in [0, 0.1) is 0 Å². The number of halogens is 5. The first-order valence-electron chi connectivity index (χ1n) is 3.89. The lowest BCUT2D eigenvalue weighted by Gasteiger charge is -2.14. The van der Waals surface area contributed by atoms with E-state index in [9.17, 15) is 13.2 Å². The predicted molar refractivity (Wildman–Crippen MR) is 58.3 cm³/mol. The molecule has 1 aromatic carbocycles. The van der Waals surface area contributed by atoms with Gasteiger partial charge >= 0.3 is 6.18 Å². The van der Waals surface area contributed by atoms with Crippen LogP contribution in [0.5, 0.6) is 5.75 Å². The van der Waals surface area contributed by atoms with Crippen LogP contribution in [-0.4, -0.2) is 7.11 Å². The van der Waals surface area contributed by atoms with E-state index in [1.165, 1.54) is 13.2 Å². The minimum atomic E-state index is -4.40. The molecule has 0 saturated heterocycles. The van der Waals surface area contributed by atoms with Gasteiger partial charge in [0, 0.05) is 9.80 Å². The topological polar surface area (TPSA) is 9.23 Å². The van der Waals surface area contributed by atoms with Crippen molar-refractivity contribution in [3.05, 3.63) is 27.7 Å². The highest BCUT2D eigenvalue weighted by atomic mass is 79.9. The van der Waals surface area contributed by atoms with E-state index in [0.29, 0.717) is 15.4 Å². The molecule has 0 aliphatic heterocycles. The second kappa shape index (κ2) is 4.74. The summed E-state index contributed by atoms with van der Waals surface area (Å²) >= 11 is 6.26. The average molecular weight is 348 g/mol. The van der Waals surface area contributed by atoms with E-state index >= 15 is 0 Å². The highest BCUT2D eigenvalue weighted by Crippen LogP contribution is 2.39. The number of methoxy groups -OCH3 is 1. The van der Waals surface area contributed by atoms with Gasteiger partial charge in [0.25, 0.3) is 0 Å². The largest absolute Gasteiger partial charge is 0.496 e. The molecule has 0 amide bonds. The van der Waals surface area contributed by atoms with Crippen LogP contribution in [-0.2, 0) is 11.5 Å². The average Bonchev–Trinajstić information content (AvgIpc) is 2.16. The molecule has 1 nitrogen and oxygen atoms in total. The number of alkyl halides is 4. The van der Waals surface area contributed by atoms with Gasteiger partial charge in [-0.2, -0.15) is 13.2 Å². The first-order valence-corrected chi connectivity index (χ1v) is 5.81. The van der Waals surface area contributed by atoms with Crippen molar-refractivity contribution in [3.8, 4) is 5.75 Å². The second-order valence-electron chi connectivity index (χ2n) is 2.78. The van der Waals surface area contributed by atoms with Crippen LogP contribution in [0.1, 0.15) is 11.1 Å². The molecule has 0 N–H and O–H groups in total. The van der Waals surface area contributed by atoms with Crippen LogP contribution in [0.3, 0.4) is 0 Å². The molecule has 15 heavy (non-hydrogen) atoms. The van der Waals surface area contributed by atoms with Crippen LogP contribution in [0.4, 0.5) is 13.2 Å². The van der Waals surface area contributed by atoms with Gasteiger partial charge in [-0.3, -0.25) is 0 Å². The Morgan fingerprint density at radius 3 is 2.33 bits per heavy atom. The van der Waals surface area contributed by atoms with Crippen molar-refractivity contribution in [1.82, 2.24) is 0 Å². The Hall–Kier alpha value is -0.230. The van der Waals surface area contributed by atoms with Gasteiger partial charge < -0.3 is 4.74 Å². The molecule has 0 aliphatic carbocycles. The zero-order chi connectivity index (χ0) is 11.6. The number of rotatable bonds is 2. The zero-order valence-corrected chi connectivity index (χ0v) is 10.8. The summed E-state index contributed by atoms with van der Waals surface area (Å²) in [4.78, 5) is 0. The highest BCUT2D eigenvalue weighted by molar-refractivity contribution is 9.10. The Kier molecular flexibility index (Phi) is 4.06. The van der Waals surface area contributed by atoms with Gasteiger partial charge in [-0.15, -0.1) is 0 Å². The molecule has 0 aromatic heterocycles. The van der Waals surface area contributed by atoms with Crippen LogP contribution in [0.25, 0.3) is 0 Å². The lowest BCUT2D eigenvalue weighted by atomic mass is 10.1. The molecule has 84 valence electrons. The third-order valence-corrected chi connectivity index (χ3v) is 3.16. The van der Waals surface area contributed by atoms with Gasteiger partial charge in [-0.05, 0) is 17.7 Å². The molecule has 0 bridgehead atoms. The third kappa shape index (κ3) is 2.87. The Labute approximate surface area is 102 Å². The van der Waals surface area contributed by atoms with Gasteiger partial charge in [0.1, 0.15) is 5.75 Å². The zero-order valence-electron chi connectivity index (χ0n) is 7.66. The van der Waals surface area contributed by atoms with Crippen molar-refractivity contribution in [1.29, 1.82) is 0 Å². The van der Waals surface area contributed by atoms with Gasteiger partial charge in [-0.25, -0.2) is 0 Å². The van der Waals surface area contributed by atoms with E-state index in [1.54, 1.807) is 0 Å². The molecule has 0 unspecified atom stereocenters. The molecule has 0 radical (unpaired) electrons. The summed E-state index contributed by atoms with van der Waals surface area (Å²) < 4.78 is 42.7. The third-order valence-electron chi connectivity index (χ3n) is 1.82. The highest BCUT2D eigenvalue weighted by Gasteiger charge is 2.34. The van der Waals surface area contributed by atoms with E-state index in [0.717, 1.165) is 6.07 Å². The Bertz CT molecular complexity index is 363. The maximum atomic E-state index is 12.5. The van der Waals surface area contributed by atoms with Gasteiger partial charge in [0.05, 0.1) is 12.7 Å². The van der Waals surface area contributed by atoms with Crippen molar-refractivity contribution >= 4 is 31.9 Å². The molecule has 0 atom stereocenters. The van der Waals surface area contributed by atoms with E-state index in [2.05, 4.69) is 31.9 Å². The molecule has 0 saturated carbocycles. The van der Waals surface area contributed by atoms with Gasteiger partial charge in [0.15, 0.2) is 0 Å². The number of benzene rings is 1. The van der Waals surface area contributed by atoms with E-state index in [1.807, 2.05) is 0 Å². The molecule has 0 fully saturated rings. The quantitative estimate of drug-likeness (QED) is 0.722. The summed E-state index contributed by atoms with van der Waals surface area (Å²) in [7, 11) is 1.22. The summed E-state index contributed by atoms with van der Waals surface area (Å²) in [6.07, 6.45) is -4.40. The van der Waals surface area contributed by atoms with E-state index in [-0.39, 0.29) is 5.75 Å². The van der Waals surface area contributed by atoms with E-state index < -0.39 is 11.7 Å². The number of hydrogen-bond donors (Lipinski definition) is 0. The standard InChI is InChI=1S/C9H7Br2F3O/c1-15-8-2-5(4-10)7(11)3-6(8)9(12,13)14/h2-3H,4H2,1H3. The molecule has 0 spiro atoms. The fraction of sp³-hybridized carbons (Fsp3) is 0.333. The smallest absolute Gasteiger partial charge is 0.420 e. The number of hydrogen-bond acceptors (Lipinski definition) is 1. The minimum absolute atomic E-state index is 0.167. The van der Waals surface area contributed by atoms with Crippen LogP contribution < -0.4 is 4.74 Å². The molecule has 1 aromatic rings. The van der Waals surface area contributed by atoms with Gasteiger partial charge in [-0.1, -0.05) is 31.9 Å². The summed E-state index contributed by atoms with van der Waals surface area (Å²) in [5, 5.41) is 0.460. The van der Waals surface area contributed by atoms with Gasteiger partial charge in [0.2, 0.25) is 0 Å². The molecule has 0 heterocycles. The van der Waals surface area contributed by atoms with Crippen LogP contribution in [0.2, 0.25) is 0 Å². The van der Waals surface area contributed by atoms with Crippen LogP contribution in [0.15, 0.2) is 16.6 Å².